The molecule has 0 saturated carbocycles. The van der Waals surface area contributed by atoms with E-state index in [-0.39, 0.29) is 5.92 Å². The van der Waals surface area contributed by atoms with E-state index in [9.17, 15) is 8.78 Å². The molecular weight excluding hydrogens is 260 g/mol. The van der Waals surface area contributed by atoms with Gasteiger partial charge in [-0.25, -0.2) is 13.8 Å². The first-order valence-electron chi connectivity index (χ1n) is 5.47. The molecule has 2 aromatic heterocycles. The topological polar surface area (TPSA) is 55.6 Å². The normalized spacial score (nSPS) is 11.4. The number of nitrogens with zero attached hydrogens (tertiary/aromatic N) is 4. The molecule has 98 valence electrons. The minimum absolute atomic E-state index is 0.258. The molecule has 0 amide bonds. The predicted octanol–water partition coefficient (Wildman–Crippen LogP) is 2.87. The van der Waals surface area contributed by atoms with Crippen molar-refractivity contribution in [3.05, 3.63) is 18.1 Å². The van der Waals surface area contributed by atoms with Crippen molar-refractivity contribution in [2.45, 2.75) is 32.7 Å². The largest absolute Gasteiger partial charge is 0.313 e. The molecule has 0 radical (unpaired) electrons. The Morgan fingerprint density at radius 3 is 2.83 bits per heavy atom. The fraction of sp³-hybridized carbons (Fsp3) is 0.500. The number of anilines is 2. The maximum atomic E-state index is 12.1. The molecular formula is C10H13F2N5S. The Hall–Kier alpha value is -1.57. The van der Waals surface area contributed by atoms with Crippen LogP contribution in [0.15, 0.2) is 12.3 Å². The molecule has 8 heteroatoms. The van der Waals surface area contributed by atoms with Gasteiger partial charge >= 0.3 is 0 Å². The fourth-order valence-corrected chi connectivity index (χ4v) is 2.02. The Bertz CT molecular complexity index is 508. The number of aromatic nitrogens is 4. The summed E-state index contributed by atoms with van der Waals surface area (Å²) in [5.41, 5.74) is 0. The average Bonchev–Trinajstić information content (AvgIpc) is 2.88. The average molecular weight is 273 g/mol. The van der Waals surface area contributed by atoms with Crippen molar-refractivity contribution in [1.29, 1.82) is 0 Å². The van der Waals surface area contributed by atoms with Crippen LogP contribution in [-0.2, 0) is 6.54 Å². The molecule has 2 heterocycles. The van der Waals surface area contributed by atoms with Crippen molar-refractivity contribution in [2.75, 3.05) is 5.32 Å². The molecule has 0 aliphatic heterocycles. The van der Waals surface area contributed by atoms with Crippen LogP contribution < -0.4 is 5.32 Å². The van der Waals surface area contributed by atoms with Gasteiger partial charge in [-0.15, -0.1) is 0 Å². The molecule has 0 unspecified atom stereocenters. The molecule has 0 atom stereocenters. The number of hydrogen-bond acceptors (Lipinski definition) is 5. The number of nitrogens with one attached hydrogen (secondary N) is 1. The van der Waals surface area contributed by atoms with Gasteiger partial charge in [0.15, 0.2) is 5.82 Å². The van der Waals surface area contributed by atoms with Crippen molar-refractivity contribution in [3.63, 3.8) is 0 Å². The molecule has 0 saturated heterocycles. The number of hydrogen-bond donors (Lipinski definition) is 1. The van der Waals surface area contributed by atoms with Gasteiger partial charge in [-0.3, -0.25) is 4.68 Å². The maximum absolute atomic E-state index is 12.1. The summed E-state index contributed by atoms with van der Waals surface area (Å²) in [5.74, 6) is 1.50. The lowest BCUT2D eigenvalue weighted by Gasteiger charge is -1.99. The van der Waals surface area contributed by atoms with Crippen molar-refractivity contribution < 1.29 is 8.78 Å². The standard InChI is InChI=1S/C10H13F2N5S/c1-6(2)9-14-10(18-16-9)13-8-3-4-17(15-8)5-7(11)12/h3-4,6-7H,5H2,1-2H3,(H,13,14,15,16). The van der Waals surface area contributed by atoms with E-state index in [1.54, 1.807) is 6.07 Å². The molecule has 2 rings (SSSR count). The van der Waals surface area contributed by atoms with Gasteiger partial charge in [-0.1, -0.05) is 13.8 Å². The highest BCUT2D eigenvalue weighted by atomic mass is 32.1. The van der Waals surface area contributed by atoms with Gasteiger partial charge in [0.2, 0.25) is 5.13 Å². The summed E-state index contributed by atoms with van der Waals surface area (Å²) in [4.78, 5) is 4.27. The van der Waals surface area contributed by atoms with Crippen LogP contribution in [0.25, 0.3) is 0 Å². The third-order valence-electron chi connectivity index (χ3n) is 2.16. The van der Waals surface area contributed by atoms with Crippen LogP contribution >= 0.6 is 11.5 Å². The molecule has 0 spiro atoms. The van der Waals surface area contributed by atoms with Gasteiger partial charge in [0.1, 0.15) is 12.4 Å². The Labute approximate surface area is 107 Å². The van der Waals surface area contributed by atoms with Crippen LogP contribution in [0.1, 0.15) is 25.6 Å². The fourth-order valence-electron chi connectivity index (χ4n) is 1.30. The molecule has 0 aliphatic carbocycles. The Morgan fingerprint density at radius 1 is 1.44 bits per heavy atom. The third-order valence-corrected chi connectivity index (χ3v) is 2.80. The second-order valence-corrected chi connectivity index (χ2v) is 4.80. The molecule has 0 aliphatic rings. The van der Waals surface area contributed by atoms with Crippen molar-refractivity contribution in [2.24, 2.45) is 0 Å². The van der Waals surface area contributed by atoms with Crippen molar-refractivity contribution in [1.82, 2.24) is 19.1 Å². The third kappa shape index (κ3) is 3.22. The molecule has 0 aromatic carbocycles. The predicted molar refractivity (Wildman–Crippen MR) is 65.5 cm³/mol. The van der Waals surface area contributed by atoms with Crippen LogP contribution in [-0.4, -0.2) is 25.6 Å². The summed E-state index contributed by atoms with van der Waals surface area (Å²) in [6.07, 6.45) is -0.911. The van der Waals surface area contributed by atoms with Gasteiger partial charge in [0.25, 0.3) is 6.43 Å². The summed E-state index contributed by atoms with van der Waals surface area (Å²) in [6, 6.07) is 1.62. The van der Waals surface area contributed by atoms with Crippen LogP contribution in [0.2, 0.25) is 0 Å². The highest BCUT2D eigenvalue weighted by molar-refractivity contribution is 7.09. The van der Waals surface area contributed by atoms with E-state index in [2.05, 4.69) is 19.8 Å². The first-order valence-corrected chi connectivity index (χ1v) is 6.24. The maximum Gasteiger partial charge on any atom is 0.257 e. The van der Waals surface area contributed by atoms with Crippen LogP contribution in [0.3, 0.4) is 0 Å². The minimum Gasteiger partial charge on any atom is -0.313 e. The smallest absolute Gasteiger partial charge is 0.257 e. The van der Waals surface area contributed by atoms with E-state index in [0.717, 1.165) is 5.82 Å². The highest BCUT2D eigenvalue weighted by Crippen LogP contribution is 2.20. The molecule has 5 nitrogen and oxygen atoms in total. The molecule has 0 fully saturated rings. The van der Waals surface area contributed by atoms with Gasteiger partial charge < -0.3 is 5.32 Å². The van der Waals surface area contributed by atoms with Gasteiger partial charge in [0, 0.05) is 29.7 Å². The molecule has 18 heavy (non-hydrogen) atoms. The second kappa shape index (κ2) is 5.38. The first-order chi connectivity index (χ1) is 8.54. The Kier molecular flexibility index (Phi) is 3.85. The van der Waals surface area contributed by atoms with E-state index < -0.39 is 13.0 Å². The van der Waals surface area contributed by atoms with Gasteiger partial charge in [0.05, 0.1) is 0 Å². The summed E-state index contributed by atoms with van der Waals surface area (Å²) >= 11 is 1.23. The highest BCUT2D eigenvalue weighted by Gasteiger charge is 2.10. The lowest BCUT2D eigenvalue weighted by atomic mass is 10.2. The quantitative estimate of drug-likeness (QED) is 0.910. The zero-order valence-electron chi connectivity index (χ0n) is 9.97. The van der Waals surface area contributed by atoms with Crippen LogP contribution in [0.4, 0.5) is 19.7 Å². The summed E-state index contributed by atoms with van der Waals surface area (Å²) < 4.78 is 29.7. The summed E-state index contributed by atoms with van der Waals surface area (Å²) in [7, 11) is 0. The lowest BCUT2D eigenvalue weighted by Crippen LogP contribution is -2.07. The van der Waals surface area contributed by atoms with E-state index in [4.69, 9.17) is 0 Å². The summed E-state index contributed by atoms with van der Waals surface area (Å²) in [6.45, 7) is 3.60. The van der Waals surface area contributed by atoms with Gasteiger partial charge in [-0.05, 0) is 0 Å². The second-order valence-electron chi connectivity index (χ2n) is 4.05. The first kappa shape index (κ1) is 12.9. The number of halogens is 2. The minimum atomic E-state index is -2.41. The van der Waals surface area contributed by atoms with Crippen molar-refractivity contribution in [3.8, 4) is 0 Å². The van der Waals surface area contributed by atoms with E-state index in [1.807, 2.05) is 13.8 Å². The monoisotopic (exact) mass is 273 g/mol. The molecule has 1 N–H and O–H groups in total. The molecule has 2 aromatic rings. The SMILES string of the molecule is CC(C)c1nsc(Nc2ccn(CC(F)F)n2)n1. The van der Waals surface area contributed by atoms with E-state index >= 15 is 0 Å². The number of rotatable bonds is 5. The van der Waals surface area contributed by atoms with Gasteiger partial charge in [-0.2, -0.15) is 9.47 Å². The Balaban J connectivity index is 2.02. The van der Waals surface area contributed by atoms with E-state index in [1.165, 1.54) is 22.4 Å². The number of alkyl halides is 2. The van der Waals surface area contributed by atoms with Crippen LogP contribution in [0, 0.1) is 0 Å². The summed E-state index contributed by atoms with van der Waals surface area (Å²) in [5, 5.41) is 7.52. The Morgan fingerprint density at radius 2 is 2.22 bits per heavy atom. The van der Waals surface area contributed by atoms with Crippen molar-refractivity contribution >= 4 is 22.5 Å². The zero-order chi connectivity index (χ0) is 13.1. The van der Waals surface area contributed by atoms with Crippen LogP contribution in [0.5, 0.6) is 0 Å². The lowest BCUT2D eigenvalue weighted by molar-refractivity contribution is 0.122. The zero-order valence-corrected chi connectivity index (χ0v) is 10.8. The van der Waals surface area contributed by atoms with E-state index in [0.29, 0.717) is 10.9 Å². The molecule has 0 bridgehead atoms.